The van der Waals surface area contributed by atoms with Gasteiger partial charge < -0.3 is 5.32 Å². The molecular formula is C22H27N3O. The average molecular weight is 349 g/mol. The van der Waals surface area contributed by atoms with Gasteiger partial charge in [-0.05, 0) is 17.2 Å². The molecule has 0 spiro atoms. The predicted octanol–water partition coefficient (Wildman–Crippen LogP) is 2.63. The fraction of sp³-hybridized carbons (Fsp3) is 0.318. The lowest BCUT2D eigenvalue weighted by atomic mass is 10.2. The van der Waals surface area contributed by atoms with Crippen LogP contribution in [0.2, 0.25) is 0 Å². The molecule has 0 unspecified atom stereocenters. The smallest absolute Gasteiger partial charge is 0.244 e. The Hall–Kier alpha value is -2.43. The number of hydrogen-bond acceptors (Lipinski definition) is 3. The zero-order chi connectivity index (χ0) is 18.0. The van der Waals surface area contributed by atoms with E-state index in [9.17, 15) is 4.79 Å². The maximum atomic E-state index is 11.9. The van der Waals surface area contributed by atoms with E-state index in [1.165, 1.54) is 5.56 Å². The molecule has 1 N–H and O–H groups in total. The van der Waals surface area contributed by atoms with Crippen LogP contribution in [0.5, 0.6) is 0 Å². The Morgan fingerprint density at radius 3 is 2.19 bits per heavy atom. The van der Waals surface area contributed by atoms with Crippen LogP contribution in [-0.2, 0) is 11.3 Å². The lowest BCUT2D eigenvalue weighted by molar-refractivity contribution is -0.116. The summed E-state index contributed by atoms with van der Waals surface area (Å²) < 4.78 is 0. The summed E-state index contributed by atoms with van der Waals surface area (Å²) in [5, 5.41) is 2.97. The summed E-state index contributed by atoms with van der Waals surface area (Å²) in [6, 6.07) is 20.5. The van der Waals surface area contributed by atoms with Crippen molar-refractivity contribution in [2.75, 3.05) is 39.3 Å². The van der Waals surface area contributed by atoms with E-state index in [1.807, 2.05) is 36.4 Å². The first kappa shape index (κ1) is 18.4. The normalized spacial score (nSPS) is 16.0. The minimum absolute atomic E-state index is 0.0310. The molecule has 136 valence electrons. The van der Waals surface area contributed by atoms with Crippen LogP contribution in [0.25, 0.3) is 6.08 Å². The third kappa shape index (κ3) is 6.14. The number of rotatable bonds is 7. The summed E-state index contributed by atoms with van der Waals surface area (Å²) in [5.74, 6) is -0.0310. The standard InChI is InChI=1S/C22H27N3O/c26-22(12-11-20-7-3-1-4-8-20)23-13-14-24-15-17-25(18-16-24)19-21-9-5-2-6-10-21/h1-12H,13-19H2,(H,23,26)/b12-11+. The Balaban J connectivity index is 1.31. The van der Waals surface area contributed by atoms with Crippen molar-refractivity contribution in [2.24, 2.45) is 0 Å². The van der Waals surface area contributed by atoms with Gasteiger partial charge in [-0.1, -0.05) is 60.7 Å². The van der Waals surface area contributed by atoms with Gasteiger partial charge >= 0.3 is 0 Å². The molecule has 0 bridgehead atoms. The third-order valence-corrected chi connectivity index (χ3v) is 4.67. The van der Waals surface area contributed by atoms with Gasteiger partial charge in [0.2, 0.25) is 5.91 Å². The van der Waals surface area contributed by atoms with Gasteiger partial charge in [0.25, 0.3) is 0 Å². The van der Waals surface area contributed by atoms with Gasteiger partial charge in [0.05, 0.1) is 0 Å². The summed E-state index contributed by atoms with van der Waals surface area (Å²) in [4.78, 5) is 16.8. The Kier molecular flexibility index (Phi) is 6.99. The minimum Gasteiger partial charge on any atom is -0.351 e. The van der Waals surface area contributed by atoms with Crippen LogP contribution in [-0.4, -0.2) is 55.0 Å². The van der Waals surface area contributed by atoms with E-state index in [2.05, 4.69) is 45.4 Å². The van der Waals surface area contributed by atoms with Gasteiger partial charge in [0.1, 0.15) is 0 Å². The molecule has 2 aromatic rings. The minimum atomic E-state index is -0.0310. The predicted molar refractivity (Wildman–Crippen MR) is 107 cm³/mol. The van der Waals surface area contributed by atoms with Gasteiger partial charge in [-0.2, -0.15) is 0 Å². The number of amides is 1. The second-order valence-electron chi connectivity index (χ2n) is 6.64. The average Bonchev–Trinajstić information content (AvgIpc) is 2.69. The zero-order valence-electron chi connectivity index (χ0n) is 15.2. The first-order valence-corrected chi connectivity index (χ1v) is 9.29. The van der Waals surface area contributed by atoms with Crippen molar-refractivity contribution < 1.29 is 4.79 Å². The maximum Gasteiger partial charge on any atom is 0.244 e. The van der Waals surface area contributed by atoms with E-state index in [1.54, 1.807) is 6.08 Å². The Bertz CT molecular complexity index is 692. The molecule has 1 aliphatic rings. The van der Waals surface area contributed by atoms with Gasteiger partial charge in [0, 0.05) is 51.9 Å². The van der Waals surface area contributed by atoms with Crippen molar-refractivity contribution in [1.29, 1.82) is 0 Å². The zero-order valence-corrected chi connectivity index (χ0v) is 15.2. The Morgan fingerprint density at radius 2 is 1.50 bits per heavy atom. The van der Waals surface area contributed by atoms with Crippen LogP contribution < -0.4 is 5.32 Å². The summed E-state index contributed by atoms with van der Waals surface area (Å²) in [7, 11) is 0. The molecule has 0 radical (unpaired) electrons. The number of hydrogen-bond donors (Lipinski definition) is 1. The molecule has 0 saturated carbocycles. The van der Waals surface area contributed by atoms with E-state index in [-0.39, 0.29) is 5.91 Å². The van der Waals surface area contributed by atoms with E-state index in [0.29, 0.717) is 6.54 Å². The highest BCUT2D eigenvalue weighted by Crippen LogP contribution is 2.08. The highest BCUT2D eigenvalue weighted by atomic mass is 16.1. The van der Waals surface area contributed by atoms with Crippen molar-refractivity contribution in [2.45, 2.75) is 6.54 Å². The molecule has 3 rings (SSSR count). The summed E-state index contributed by atoms with van der Waals surface area (Å²) in [6.07, 6.45) is 3.45. The van der Waals surface area contributed by atoms with E-state index in [4.69, 9.17) is 0 Å². The van der Waals surface area contributed by atoms with Gasteiger partial charge in [-0.15, -0.1) is 0 Å². The van der Waals surface area contributed by atoms with Crippen LogP contribution in [0.15, 0.2) is 66.7 Å². The van der Waals surface area contributed by atoms with Crippen molar-refractivity contribution in [3.05, 3.63) is 77.9 Å². The number of benzene rings is 2. The lowest BCUT2D eigenvalue weighted by Crippen LogP contribution is -2.47. The molecule has 26 heavy (non-hydrogen) atoms. The van der Waals surface area contributed by atoms with Crippen LogP contribution in [0.3, 0.4) is 0 Å². The highest BCUT2D eigenvalue weighted by molar-refractivity contribution is 5.91. The van der Waals surface area contributed by atoms with Crippen LogP contribution in [0.4, 0.5) is 0 Å². The molecule has 0 aliphatic carbocycles. The quantitative estimate of drug-likeness (QED) is 0.781. The molecular weight excluding hydrogens is 322 g/mol. The number of nitrogens with one attached hydrogen (secondary N) is 1. The monoisotopic (exact) mass is 349 g/mol. The Labute approximate surface area is 156 Å². The molecule has 4 nitrogen and oxygen atoms in total. The third-order valence-electron chi connectivity index (χ3n) is 4.67. The van der Waals surface area contributed by atoms with E-state index >= 15 is 0 Å². The molecule has 0 atom stereocenters. The molecule has 0 aromatic heterocycles. The molecule has 1 saturated heterocycles. The summed E-state index contributed by atoms with van der Waals surface area (Å²) in [6.45, 7) is 6.90. The van der Waals surface area contributed by atoms with Gasteiger partial charge in [-0.3, -0.25) is 14.6 Å². The molecule has 1 heterocycles. The molecule has 4 heteroatoms. The van der Waals surface area contributed by atoms with E-state index in [0.717, 1.165) is 44.8 Å². The summed E-state index contributed by atoms with van der Waals surface area (Å²) >= 11 is 0. The fourth-order valence-electron chi connectivity index (χ4n) is 3.14. The van der Waals surface area contributed by atoms with E-state index < -0.39 is 0 Å². The van der Waals surface area contributed by atoms with Crippen LogP contribution in [0, 0.1) is 0 Å². The second kappa shape index (κ2) is 9.90. The van der Waals surface area contributed by atoms with Crippen LogP contribution >= 0.6 is 0 Å². The molecule has 1 amide bonds. The fourth-order valence-corrected chi connectivity index (χ4v) is 3.14. The van der Waals surface area contributed by atoms with Gasteiger partial charge in [-0.25, -0.2) is 0 Å². The number of carbonyl (C=O) groups is 1. The first-order chi connectivity index (χ1) is 12.8. The second-order valence-corrected chi connectivity index (χ2v) is 6.64. The largest absolute Gasteiger partial charge is 0.351 e. The number of nitrogens with zero attached hydrogens (tertiary/aromatic N) is 2. The first-order valence-electron chi connectivity index (χ1n) is 9.29. The van der Waals surface area contributed by atoms with Crippen molar-refractivity contribution in [3.63, 3.8) is 0 Å². The maximum absolute atomic E-state index is 11.9. The number of piperazine rings is 1. The van der Waals surface area contributed by atoms with Crippen LogP contribution in [0.1, 0.15) is 11.1 Å². The molecule has 1 aliphatic heterocycles. The SMILES string of the molecule is O=C(/C=C/c1ccccc1)NCCN1CCN(Cc2ccccc2)CC1. The molecule has 1 fully saturated rings. The summed E-state index contributed by atoms with van der Waals surface area (Å²) in [5.41, 5.74) is 2.41. The highest BCUT2D eigenvalue weighted by Gasteiger charge is 2.16. The van der Waals surface area contributed by atoms with Gasteiger partial charge in [0.15, 0.2) is 0 Å². The lowest BCUT2D eigenvalue weighted by Gasteiger charge is -2.34. The topological polar surface area (TPSA) is 35.6 Å². The number of carbonyl (C=O) groups excluding carboxylic acids is 1. The van der Waals surface area contributed by atoms with Crippen molar-refractivity contribution in [3.8, 4) is 0 Å². The molecule has 2 aromatic carbocycles. The Morgan fingerprint density at radius 1 is 0.885 bits per heavy atom. The van der Waals surface area contributed by atoms with Crippen molar-refractivity contribution >= 4 is 12.0 Å². The van der Waals surface area contributed by atoms with Crippen molar-refractivity contribution in [1.82, 2.24) is 15.1 Å².